The van der Waals surface area contributed by atoms with Crippen molar-refractivity contribution in [2.75, 3.05) is 6.61 Å². The molecule has 2 amide bonds. The van der Waals surface area contributed by atoms with Crippen LogP contribution in [0.2, 0.25) is 15.1 Å². The normalized spacial score (nSPS) is 11.9. The van der Waals surface area contributed by atoms with Crippen LogP contribution >= 0.6 is 34.8 Å². The minimum absolute atomic E-state index is 0.0465. The van der Waals surface area contributed by atoms with Crippen molar-refractivity contribution < 1.29 is 28.6 Å². The molecule has 1 heterocycles. The monoisotopic (exact) mass is 607 g/mol. The molecule has 0 saturated heterocycles. The van der Waals surface area contributed by atoms with Crippen LogP contribution < -0.4 is 15.5 Å². The molecule has 3 N–H and O–H groups in total. The van der Waals surface area contributed by atoms with Gasteiger partial charge in [0.2, 0.25) is 5.91 Å². The van der Waals surface area contributed by atoms with Crippen molar-refractivity contribution >= 4 is 58.8 Å². The van der Waals surface area contributed by atoms with E-state index in [1.807, 2.05) is 13.8 Å². The van der Waals surface area contributed by atoms with Crippen molar-refractivity contribution in [3.63, 3.8) is 0 Å². The summed E-state index contributed by atoms with van der Waals surface area (Å²) in [5, 5.41) is 17.0. The van der Waals surface area contributed by atoms with E-state index in [1.54, 1.807) is 36.4 Å². The molecule has 1 aromatic heterocycles. The minimum Gasteiger partial charge on any atom is -0.492 e. The fraction of sp³-hybridized carbons (Fsp3) is 0.286. The maximum atomic E-state index is 12.8. The molecule has 3 aromatic rings. The summed E-state index contributed by atoms with van der Waals surface area (Å²) in [6.07, 6.45) is 2.29. The van der Waals surface area contributed by atoms with E-state index in [-0.39, 0.29) is 35.4 Å². The quantitative estimate of drug-likeness (QED) is 0.116. The first kappa shape index (κ1) is 31.0. The lowest BCUT2D eigenvalue weighted by molar-refractivity contribution is -0.129. The van der Waals surface area contributed by atoms with Crippen LogP contribution in [-0.4, -0.2) is 41.8 Å². The maximum Gasteiger partial charge on any atom is 0.337 e. The number of hydrogen-bond donors (Lipinski definition) is 3. The van der Waals surface area contributed by atoms with Gasteiger partial charge in [-0.2, -0.15) is 5.10 Å². The van der Waals surface area contributed by atoms with Gasteiger partial charge >= 0.3 is 5.97 Å². The second kappa shape index (κ2) is 14.7. The molecule has 2 aromatic carbocycles. The predicted molar refractivity (Wildman–Crippen MR) is 154 cm³/mol. The van der Waals surface area contributed by atoms with E-state index in [0.29, 0.717) is 45.7 Å². The zero-order valence-electron chi connectivity index (χ0n) is 21.7. The van der Waals surface area contributed by atoms with Gasteiger partial charge in [0.05, 0.1) is 28.4 Å². The van der Waals surface area contributed by atoms with Crippen molar-refractivity contribution in [1.82, 2.24) is 10.7 Å². The average molecular weight is 609 g/mol. The highest BCUT2D eigenvalue weighted by atomic mass is 35.5. The van der Waals surface area contributed by atoms with Crippen LogP contribution in [0.1, 0.15) is 49.2 Å². The van der Waals surface area contributed by atoms with Gasteiger partial charge in [0, 0.05) is 17.0 Å². The first-order chi connectivity index (χ1) is 19.0. The van der Waals surface area contributed by atoms with Crippen LogP contribution in [0.25, 0.3) is 11.3 Å². The third-order valence-electron chi connectivity index (χ3n) is 5.53. The molecule has 0 aliphatic rings. The number of rotatable bonds is 13. The van der Waals surface area contributed by atoms with Crippen molar-refractivity contribution in [3.8, 4) is 17.1 Å². The Morgan fingerprint density at radius 2 is 1.82 bits per heavy atom. The van der Waals surface area contributed by atoms with Crippen LogP contribution in [0.3, 0.4) is 0 Å². The topological polar surface area (TPSA) is 130 Å². The standard InChI is InChI=1S/C28H28Cl3N3O6/c1-16(2)12-23(33-26(35)4-3-11-39-25-9-6-18(29)14-22(25)31)27(36)34-32-15-19-7-10-24(40-19)17-5-8-21(30)20(13-17)28(37)38/h5-10,13-16,23H,3-4,11-12H2,1-2H3,(H,33,35)(H,34,36)(H,37,38)/b32-15-/t23-/m0/s1. The lowest BCUT2D eigenvalue weighted by Gasteiger charge is -2.19. The molecule has 0 bridgehead atoms. The van der Waals surface area contributed by atoms with Crippen molar-refractivity contribution in [2.24, 2.45) is 11.0 Å². The predicted octanol–water partition coefficient (Wildman–Crippen LogP) is 6.45. The number of carboxylic acid groups (broad SMARTS) is 1. The van der Waals surface area contributed by atoms with E-state index in [9.17, 15) is 19.5 Å². The number of furan rings is 1. The Morgan fingerprint density at radius 3 is 2.52 bits per heavy atom. The lowest BCUT2D eigenvalue weighted by atomic mass is 10.0. The Labute approximate surface area is 246 Å². The number of hydrogen-bond acceptors (Lipinski definition) is 6. The number of carbonyl (C=O) groups excluding carboxylic acids is 2. The Balaban J connectivity index is 1.52. The molecule has 1 atom stereocenters. The third-order valence-corrected chi connectivity index (χ3v) is 6.39. The maximum absolute atomic E-state index is 12.8. The molecule has 9 nitrogen and oxygen atoms in total. The van der Waals surface area contributed by atoms with Gasteiger partial charge in [-0.1, -0.05) is 48.7 Å². The number of carbonyl (C=O) groups is 3. The highest BCUT2D eigenvalue weighted by molar-refractivity contribution is 6.35. The molecule has 212 valence electrons. The molecule has 0 fully saturated rings. The van der Waals surface area contributed by atoms with Gasteiger partial charge < -0.3 is 19.6 Å². The van der Waals surface area contributed by atoms with Crippen molar-refractivity contribution in [1.29, 1.82) is 0 Å². The summed E-state index contributed by atoms with van der Waals surface area (Å²) < 4.78 is 11.3. The summed E-state index contributed by atoms with van der Waals surface area (Å²) in [7, 11) is 0. The zero-order chi connectivity index (χ0) is 29.2. The molecular weight excluding hydrogens is 581 g/mol. The van der Waals surface area contributed by atoms with Gasteiger partial charge in [-0.25, -0.2) is 10.2 Å². The highest BCUT2D eigenvalue weighted by Crippen LogP contribution is 2.28. The van der Waals surface area contributed by atoms with Gasteiger partial charge in [0.15, 0.2) is 0 Å². The zero-order valence-corrected chi connectivity index (χ0v) is 24.0. The van der Waals surface area contributed by atoms with Crippen molar-refractivity contribution in [2.45, 2.75) is 39.2 Å². The number of nitrogens with zero attached hydrogens (tertiary/aromatic N) is 1. The van der Waals surface area contributed by atoms with Crippen LogP contribution in [0.4, 0.5) is 0 Å². The largest absolute Gasteiger partial charge is 0.492 e. The minimum atomic E-state index is -1.15. The van der Waals surface area contributed by atoms with E-state index < -0.39 is 17.9 Å². The Morgan fingerprint density at radius 1 is 1.05 bits per heavy atom. The molecule has 0 aliphatic heterocycles. The van der Waals surface area contributed by atoms with Gasteiger partial charge in [-0.15, -0.1) is 0 Å². The first-order valence-corrected chi connectivity index (χ1v) is 13.5. The van der Waals surface area contributed by atoms with Crippen LogP contribution in [0, 0.1) is 5.92 Å². The molecule has 0 spiro atoms. The van der Waals surface area contributed by atoms with E-state index in [1.165, 1.54) is 18.3 Å². The number of ether oxygens (including phenoxy) is 1. The van der Waals surface area contributed by atoms with Crippen LogP contribution in [-0.2, 0) is 9.59 Å². The number of amides is 2. The molecule has 12 heteroatoms. The van der Waals surface area contributed by atoms with E-state index in [4.69, 9.17) is 44.0 Å². The number of carboxylic acids is 1. The molecular formula is C28H28Cl3N3O6. The van der Waals surface area contributed by atoms with E-state index in [0.717, 1.165) is 0 Å². The smallest absolute Gasteiger partial charge is 0.337 e. The summed E-state index contributed by atoms with van der Waals surface area (Å²) in [5.74, 6) is -0.580. The average Bonchev–Trinajstić information content (AvgIpc) is 3.36. The van der Waals surface area contributed by atoms with E-state index >= 15 is 0 Å². The Kier molecular flexibility index (Phi) is 11.4. The van der Waals surface area contributed by atoms with Crippen molar-refractivity contribution in [3.05, 3.63) is 74.9 Å². The highest BCUT2D eigenvalue weighted by Gasteiger charge is 2.21. The lowest BCUT2D eigenvalue weighted by Crippen LogP contribution is -2.46. The first-order valence-electron chi connectivity index (χ1n) is 12.4. The van der Waals surface area contributed by atoms with Gasteiger partial charge in [-0.05, 0) is 67.3 Å². The Bertz CT molecular complexity index is 1390. The molecule has 3 rings (SSSR count). The SMILES string of the molecule is CC(C)C[C@H](NC(=O)CCCOc1ccc(Cl)cc1Cl)C(=O)N/N=C\c1ccc(-c2ccc(Cl)c(C(=O)O)c2)o1. The second-order valence-corrected chi connectivity index (χ2v) is 10.5. The van der Waals surface area contributed by atoms with E-state index in [2.05, 4.69) is 15.8 Å². The van der Waals surface area contributed by atoms with Crippen LogP contribution in [0.5, 0.6) is 5.75 Å². The molecule has 0 unspecified atom stereocenters. The molecule has 0 saturated carbocycles. The molecule has 0 radical (unpaired) electrons. The summed E-state index contributed by atoms with van der Waals surface area (Å²) in [5.41, 5.74) is 2.91. The fourth-order valence-electron chi connectivity index (χ4n) is 3.63. The van der Waals surface area contributed by atoms with Crippen LogP contribution in [0.15, 0.2) is 58.0 Å². The number of nitrogens with one attached hydrogen (secondary N) is 2. The second-order valence-electron chi connectivity index (χ2n) is 9.21. The van der Waals surface area contributed by atoms with Gasteiger partial charge in [0.1, 0.15) is 23.3 Å². The molecule has 40 heavy (non-hydrogen) atoms. The summed E-state index contributed by atoms with van der Waals surface area (Å²) in [4.78, 5) is 36.6. The fourth-order valence-corrected chi connectivity index (χ4v) is 4.30. The number of benzene rings is 2. The Hall–Kier alpha value is -3.53. The van der Waals surface area contributed by atoms with Gasteiger partial charge in [-0.3, -0.25) is 9.59 Å². The van der Waals surface area contributed by atoms with Gasteiger partial charge in [0.25, 0.3) is 5.91 Å². The molecule has 0 aliphatic carbocycles. The summed E-state index contributed by atoms with van der Waals surface area (Å²) in [6.45, 7) is 4.14. The number of aromatic carboxylic acids is 1. The third kappa shape index (κ3) is 9.29. The summed E-state index contributed by atoms with van der Waals surface area (Å²) >= 11 is 17.9. The number of halogens is 3. The number of hydrazone groups is 1. The summed E-state index contributed by atoms with van der Waals surface area (Å²) in [6, 6.07) is 11.9.